The Morgan fingerprint density at radius 2 is 1.77 bits per heavy atom. The maximum atomic E-state index is 12.5. The molecule has 1 aromatic rings. The zero-order valence-electron chi connectivity index (χ0n) is 15.1. The van der Waals surface area contributed by atoms with Crippen molar-refractivity contribution in [3.8, 4) is 11.5 Å². The van der Waals surface area contributed by atoms with Gasteiger partial charge in [-0.1, -0.05) is 0 Å². The average Bonchev–Trinajstić information content (AvgIpc) is 2.60. The van der Waals surface area contributed by atoms with Crippen LogP contribution >= 0.6 is 0 Å². The van der Waals surface area contributed by atoms with E-state index in [2.05, 4.69) is 5.32 Å². The lowest BCUT2D eigenvalue weighted by Crippen LogP contribution is -2.54. The van der Waals surface area contributed by atoms with Gasteiger partial charge in [0, 0.05) is 37.9 Å². The number of ether oxygens (including phenoxy) is 2. The Bertz CT molecular complexity index is 617. The lowest BCUT2D eigenvalue weighted by Gasteiger charge is -2.37. The van der Waals surface area contributed by atoms with Crippen LogP contribution in [0.5, 0.6) is 11.5 Å². The first-order chi connectivity index (χ1) is 12.2. The van der Waals surface area contributed by atoms with Crippen LogP contribution in [0, 0.1) is 0 Å². The summed E-state index contributed by atoms with van der Waals surface area (Å²) < 4.78 is 47.7. The van der Waals surface area contributed by atoms with Gasteiger partial charge in [0.15, 0.2) is 11.5 Å². The fourth-order valence-corrected chi connectivity index (χ4v) is 2.89. The first-order valence-electron chi connectivity index (χ1n) is 8.29. The maximum Gasteiger partial charge on any atom is 0.401 e. The highest BCUT2D eigenvalue weighted by Gasteiger charge is 2.33. The number of halogens is 3. The van der Waals surface area contributed by atoms with E-state index in [1.54, 1.807) is 25.1 Å². The van der Waals surface area contributed by atoms with Crippen LogP contribution in [0.25, 0.3) is 0 Å². The van der Waals surface area contributed by atoms with Gasteiger partial charge in [0.2, 0.25) is 5.91 Å². The smallest absolute Gasteiger partial charge is 0.401 e. The standard InChI is InChI=1S/C17H24F3N3O3/c1-12(23-8-6-22(7-9-23)11-17(18,19)20)16(24)21-13-4-5-14(25-2)15(10-13)26-3/h4-5,10,12H,6-9,11H2,1-3H3,(H,21,24)/t12-/m0/s1. The van der Waals surface area contributed by atoms with E-state index < -0.39 is 18.8 Å². The van der Waals surface area contributed by atoms with E-state index in [1.807, 2.05) is 4.90 Å². The van der Waals surface area contributed by atoms with Crippen LogP contribution in [-0.2, 0) is 4.79 Å². The van der Waals surface area contributed by atoms with Gasteiger partial charge < -0.3 is 14.8 Å². The summed E-state index contributed by atoms with van der Waals surface area (Å²) in [4.78, 5) is 15.7. The van der Waals surface area contributed by atoms with Crippen molar-refractivity contribution in [3.63, 3.8) is 0 Å². The number of hydrogen-bond donors (Lipinski definition) is 1. The third-order valence-corrected chi connectivity index (χ3v) is 4.39. The number of methoxy groups -OCH3 is 2. The molecule has 146 valence electrons. The average molecular weight is 375 g/mol. The molecule has 1 saturated heterocycles. The Morgan fingerprint density at radius 3 is 2.31 bits per heavy atom. The molecular formula is C17H24F3N3O3. The van der Waals surface area contributed by atoms with Gasteiger partial charge in [0.1, 0.15) is 0 Å². The third kappa shape index (κ3) is 5.50. The number of amides is 1. The Hall–Kier alpha value is -2.00. The highest BCUT2D eigenvalue weighted by molar-refractivity contribution is 5.94. The van der Waals surface area contributed by atoms with Crippen molar-refractivity contribution < 1.29 is 27.4 Å². The van der Waals surface area contributed by atoms with Crippen molar-refractivity contribution in [3.05, 3.63) is 18.2 Å². The number of nitrogens with zero attached hydrogens (tertiary/aromatic N) is 2. The summed E-state index contributed by atoms with van der Waals surface area (Å²) in [5, 5.41) is 2.80. The van der Waals surface area contributed by atoms with Gasteiger partial charge in [-0.25, -0.2) is 0 Å². The summed E-state index contributed by atoms with van der Waals surface area (Å²) in [7, 11) is 3.03. The number of anilines is 1. The van der Waals surface area contributed by atoms with E-state index >= 15 is 0 Å². The topological polar surface area (TPSA) is 54.0 Å². The minimum atomic E-state index is -4.20. The zero-order chi connectivity index (χ0) is 19.3. The van der Waals surface area contributed by atoms with Crippen LogP contribution in [0.4, 0.5) is 18.9 Å². The molecule has 1 aromatic carbocycles. The van der Waals surface area contributed by atoms with Crippen molar-refractivity contribution in [2.24, 2.45) is 0 Å². The van der Waals surface area contributed by atoms with E-state index in [0.717, 1.165) is 0 Å². The molecule has 0 bridgehead atoms. The fraction of sp³-hybridized carbons (Fsp3) is 0.588. The second kappa shape index (κ2) is 8.59. The Labute approximate surface area is 150 Å². The monoisotopic (exact) mass is 375 g/mol. The number of benzene rings is 1. The molecule has 6 nitrogen and oxygen atoms in total. The molecule has 1 aliphatic heterocycles. The SMILES string of the molecule is COc1ccc(NC(=O)[C@H](C)N2CCN(CC(F)(F)F)CC2)cc1OC. The van der Waals surface area contributed by atoms with Crippen molar-refractivity contribution in [1.29, 1.82) is 0 Å². The van der Waals surface area contributed by atoms with Gasteiger partial charge in [0.25, 0.3) is 0 Å². The van der Waals surface area contributed by atoms with Crippen LogP contribution in [0.2, 0.25) is 0 Å². The maximum absolute atomic E-state index is 12.5. The quantitative estimate of drug-likeness (QED) is 0.826. The molecule has 0 spiro atoms. The summed E-state index contributed by atoms with van der Waals surface area (Å²) >= 11 is 0. The van der Waals surface area contributed by atoms with Crippen LogP contribution < -0.4 is 14.8 Å². The predicted molar refractivity (Wildman–Crippen MR) is 91.7 cm³/mol. The number of rotatable bonds is 6. The summed E-state index contributed by atoms with van der Waals surface area (Å²) in [6, 6.07) is 4.60. The molecular weight excluding hydrogens is 351 g/mol. The van der Waals surface area contributed by atoms with Gasteiger partial charge in [-0.15, -0.1) is 0 Å². The van der Waals surface area contributed by atoms with Gasteiger partial charge in [-0.05, 0) is 19.1 Å². The molecule has 1 heterocycles. The number of hydrogen-bond acceptors (Lipinski definition) is 5. The minimum Gasteiger partial charge on any atom is -0.493 e. The van der Waals surface area contributed by atoms with Crippen molar-refractivity contribution in [1.82, 2.24) is 9.80 Å². The lowest BCUT2D eigenvalue weighted by molar-refractivity contribution is -0.150. The van der Waals surface area contributed by atoms with E-state index in [4.69, 9.17) is 9.47 Å². The van der Waals surface area contributed by atoms with Crippen molar-refractivity contribution in [2.45, 2.75) is 19.1 Å². The largest absolute Gasteiger partial charge is 0.493 e. The van der Waals surface area contributed by atoms with Crippen LogP contribution in [0.3, 0.4) is 0 Å². The molecule has 0 radical (unpaired) electrons. The first-order valence-corrected chi connectivity index (χ1v) is 8.29. The molecule has 26 heavy (non-hydrogen) atoms. The number of carbonyl (C=O) groups is 1. The summed E-state index contributed by atoms with van der Waals surface area (Å²) in [5.74, 6) is 0.833. The third-order valence-electron chi connectivity index (χ3n) is 4.39. The van der Waals surface area contributed by atoms with Gasteiger partial charge in [-0.2, -0.15) is 13.2 Å². The molecule has 1 aliphatic rings. The lowest BCUT2D eigenvalue weighted by atomic mass is 10.2. The molecule has 0 aromatic heterocycles. The van der Waals surface area contributed by atoms with E-state index in [9.17, 15) is 18.0 Å². The molecule has 0 aliphatic carbocycles. The molecule has 1 atom stereocenters. The molecule has 1 amide bonds. The number of nitrogens with one attached hydrogen (secondary N) is 1. The molecule has 0 unspecified atom stereocenters. The molecule has 1 fully saturated rings. The summed E-state index contributed by atoms with van der Waals surface area (Å²) in [6.07, 6.45) is -4.20. The Morgan fingerprint density at radius 1 is 1.15 bits per heavy atom. The fourth-order valence-electron chi connectivity index (χ4n) is 2.89. The van der Waals surface area contributed by atoms with Crippen LogP contribution in [0.1, 0.15) is 6.92 Å². The van der Waals surface area contributed by atoms with E-state index in [1.165, 1.54) is 19.1 Å². The van der Waals surface area contributed by atoms with Crippen LogP contribution in [-0.4, -0.2) is 74.9 Å². The van der Waals surface area contributed by atoms with Crippen molar-refractivity contribution in [2.75, 3.05) is 52.3 Å². The second-order valence-corrected chi connectivity index (χ2v) is 6.16. The molecule has 0 saturated carbocycles. The Balaban J connectivity index is 1.90. The first kappa shape index (κ1) is 20.3. The second-order valence-electron chi connectivity index (χ2n) is 6.16. The minimum absolute atomic E-state index is 0.221. The number of piperazine rings is 1. The van der Waals surface area contributed by atoms with Crippen LogP contribution in [0.15, 0.2) is 18.2 Å². The molecule has 9 heteroatoms. The van der Waals surface area contributed by atoms with Gasteiger partial charge in [-0.3, -0.25) is 14.6 Å². The number of alkyl halides is 3. The Kier molecular flexibility index (Phi) is 6.71. The summed E-state index contributed by atoms with van der Waals surface area (Å²) in [6.45, 7) is 2.23. The van der Waals surface area contributed by atoms with Crippen molar-refractivity contribution >= 4 is 11.6 Å². The van der Waals surface area contributed by atoms with Gasteiger partial charge >= 0.3 is 6.18 Å². The normalized spacial score (nSPS) is 17.6. The molecule has 1 N–H and O–H groups in total. The molecule has 2 rings (SSSR count). The predicted octanol–water partition coefficient (Wildman–Crippen LogP) is 2.21. The van der Waals surface area contributed by atoms with Gasteiger partial charge in [0.05, 0.1) is 26.8 Å². The highest BCUT2D eigenvalue weighted by atomic mass is 19.4. The zero-order valence-corrected chi connectivity index (χ0v) is 15.1. The number of carbonyl (C=O) groups excluding carboxylic acids is 1. The van der Waals surface area contributed by atoms with E-state index in [-0.39, 0.29) is 19.0 Å². The summed E-state index contributed by atoms with van der Waals surface area (Å²) in [5.41, 5.74) is 0.565. The van der Waals surface area contributed by atoms with E-state index in [0.29, 0.717) is 30.3 Å². The highest BCUT2D eigenvalue weighted by Crippen LogP contribution is 2.29.